The topological polar surface area (TPSA) is 150 Å². The Hall–Kier alpha value is -3.34. The highest BCUT2D eigenvalue weighted by Crippen LogP contribution is 2.32. The summed E-state index contributed by atoms with van der Waals surface area (Å²) in [6.45, 7) is 15.7. The average Bonchev–Trinajstić information content (AvgIpc) is 2.76. The standard InChI is InChI=1S/C29H45NO10/c1-18(2)11-14-23(31)36-19(3)16-29(30,24(32)35-10)17-20-12-13-21(37-25(33)39-27(4,5)6)22(15-20)38-26(34)40-28(7,8)9/h12-13,15,18-19H,11,14,16-17,30H2,1-10H3/t19?,29-/m1/s1. The van der Waals surface area contributed by atoms with E-state index in [1.54, 1.807) is 54.5 Å². The first-order chi connectivity index (χ1) is 18.2. The summed E-state index contributed by atoms with van der Waals surface area (Å²) in [5.74, 6) is -1.03. The Morgan fingerprint density at radius 2 is 1.38 bits per heavy atom. The minimum atomic E-state index is -1.59. The SMILES string of the molecule is COC(=O)[C@](N)(Cc1ccc(OC(=O)OC(C)(C)C)c(OC(=O)OC(C)(C)C)c1)CC(C)OC(=O)CCC(C)C. The van der Waals surface area contributed by atoms with Crippen LogP contribution in [0.15, 0.2) is 18.2 Å². The third-order valence-electron chi connectivity index (χ3n) is 5.20. The number of hydrogen-bond acceptors (Lipinski definition) is 11. The van der Waals surface area contributed by atoms with Gasteiger partial charge in [-0.3, -0.25) is 9.59 Å². The fraction of sp³-hybridized carbons (Fsp3) is 0.655. The van der Waals surface area contributed by atoms with Crippen LogP contribution in [-0.4, -0.2) is 54.2 Å². The average molecular weight is 568 g/mol. The van der Waals surface area contributed by atoms with Gasteiger partial charge in [0.15, 0.2) is 11.5 Å². The van der Waals surface area contributed by atoms with Crippen molar-refractivity contribution in [3.63, 3.8) is 0 Å². The van der Waals surface area contributed by atoms with Crippen molar-refractivity contribution in [2.24, 2.45) is 11.7 Å². The molecule has 1 aromatic carbocycles. The number of carbonyl (C=O) groups excluding carboxylic acids is 4. The first-order valence-electron chi connectivity index (χ1n) is 13.2. The summed E-state index contributed by atoms with van der Waals surface area (Å²) >= 11 is 0. The lowest BCUT2D eigenvalue weighted by Crippen LogP contribution is -2.53. The van der Waals surface area contributed by atoms with Gasteiger partial charge >= 0.3 is 24.2 Å². The van der Waals surface area contributed by atoms with Crippen LogP contribution in [0, 0.1) is 5.92 Å². The summed E-state index contributed by atoms with van der Waals surface area (Å²) in [6.07, 6.45) is -1.92. The molecule has 0 heterocycles. The van der Waals surface area contributed by atoms with Crippen LogP contribution in [0.5, 0.6) is 11.5 Å². The molecule has 11 heteroatoms. The van der Waals surface area contributed by atoms with Crippen LogP contribution in [0.3, 0.4) is 0 Å². The van der Waals surface area contributed by atoms with Crippen molar-refractivity contribution < 1.29 is 47.6 Å². The second kappa shape index (κ2) is 14.3. The van der Waals surface area contributed by atoms with Gasteiger partial charge in [-0.15, -0.1) is 0 Å². The van der Waals surface area contributed by atoms with E-state index in [0.29, 0.717) is 17.9 Å². The number of hydrogen-bond donors (Lipinski definition) is 1. The fourth-order valence-corrected chi connectivity index (χ4v) is 3.59. The predicted octanol–water partition coefficient (Wildman–Crippen LogP) is 5.49. The molecular weight excluding hydrogens is 522 g/mol. The number of nitrogens with two attached hydrogens (primary N) is 1. The molecule has 0 spiro atoms. The molecule has 0 bridgehead atoms. The lowest BCUT2D eigenvalue weighted by Gasteiger charge is -2.29. The molecule has 0 saturated heterocycles. The van der Waals surface area contributed by atoms with Crippen molar-refractivity contribution in [3.05, 3.63) is 23.8 Å². The number of carbonyl (C=O) groups is 4. The number of esters is 2. The molecule has 0 aliphatic carbocycles. The van der Waals surface area contributed by atoms with Crippen molar-refractivity contribution in [1.82, 2.24) is 0 Å². The Morgan fingerprint density at radius 1 is 0.850 bits per heavy atom. The molecule has 2 atom stereocenters. The zero-order valence-electron chi connectivity index (χ0n) is 25.4. The molecule has 0 aromatic heterocycles. The first kappa shape index (κ1) is 34.7. The Morgan fingerprint density at radius 3 is 1.85 bits per heavy atom. The van der Waals surface area contributed by atoms with E-state index in [1.807, 2.05) is 13.8 Å². The summed E-state index contributed by atoms with van der Waals surface area (Å²) in [6, 6.07) is 4.32. The van der Waals surface area contributed by atoms with Gasteiger partial charge in [-0.25, -0.2) is 9.59 Å². The number of rotatable bonds is 11. The summed E-state index contributed by atoms with van der Waals surface area (Å²) < 4.78 is 31.5. The van der Waals surface area contributed by atoms with E-state index in [1.165, 1.54) is 19.2 Å². The van der Waals surface area contributed by atoms with Gasteiger partial charge in [0.2, 0.25) is 0 Å². The Balaban J connectivity index is 3.26. The van der Waals surface area contributed by atoms with E-state index < -0.39 is 41.1 Å². The number of benzene rings is 1. The van der Waals surface area contributed by atoms with Crippen LogP contribution in [0.25, 0.3) is 0 Å². The second-order valence-electron chi connectivity index (χ2n) is 12.2. The molecule has 0 amide bonds. The second-order valence-corrected chi connectivity index (χ2v) is 12.2. The van der Waals surface area contributed by atoms with Gasteiger partial charge in [-0.1, -0.05) is 19.9 Å². The Kier molecular flexibility index (Phi) is 12.4. The molecule has 0 saturated carbocycles. The van der Waals surface area contributed by atoms with Crippen molar-refractivity contribution in [3.8, 4) is 11.5 Å². The predicted molar refractivity (Wildman–Crippen MR) is 147 cm³/mol. The number of methoxy groups -OCH3 is 1. The molecular formula is C29H45NO10. The van der Waals surface area contributed by atoms with Gasteiger partial charge in [-0.05, 0) is 78.5 Å². The highest BCUT2D eigenvalue weighted by molar-refractivity contribution is 5.81. The van der Waals surface area contributed by atoms with Crippen molar-refractivity contribution >= 4 is 24.2 Å². The van der Waals surface area contributed by atoms with Gasteiger partial charge in [-0.2, -0.15) is 0 Å². The fourth-order valence-electron chi connectivity index (χ4n) is 3.59. The first-order valence-corrected chi connectivity index (χ1v) is 13.2. The molecule has 0 radical (unpaired) electrons. The Bertz CT molecular complexity index is 1040. The molecule has 0 aliphatic heterocycles. The molecule has 40 heavy (non-hydrogen) atoms. The normalized spacial score (nSPS) is 14.0. The van der Waals surface area contributed by atoms with Crippen LogP contribution < -0.4 is 15.2 Å². The lowest BCUT2D eigenvalue weighted by molar-refractivity contribution is -0.155. The summed E-state index contributed by atoms with van der Waals surface area (Å²) in [4.78, 5) is 49.7. The molecule has 226 valence electrons. The molecule has 2 N–H and O–H groups in total. The lowest BCUT2D eigenvalue weighted by atomic mass is 9.86. The van der Waals surface area contributed by atoms with E-state index in [4.69, 9.17) is 34.2 Å². The highest BCUT2D eigenvalue weighted by atomic mass is 16.8. The Labute approximate surface area is 236 Å². The van der Waals surface area contributed by atoms with E-state index >= 15 is 0 Å². The molecule has 0 fully saturated rings. The van der Waals surface area contributed by atoms with E-state index in [0.717, 1.165) is 0 Å². The zero-order valence-corrected chi connectivity index (χ0v) is 25.4. The van der Waals surface area contributed by atoms with Crippen molar-refractivity contribution in [2.45, 2.75) is 111 Å². The number of ether oxygens (including phenoxy) is 6. The van der Waals surface area contributed by atoms with Gasteiger partial charge in [0, 0.05) is 19.3 Å². The molecule has 0 aliphatic rings. The van der Waals surface area contributed by atoms with Crippen LogP contribution in [-0.2, 0) is 35.0 Å². The van der Waals surface area contributed by atoms with Crippen molar-refractivity contribution in [1.29, 1.82) is 0 Å². The summed E-state index contributed by atoms with van der Waals surface area (Å²) in [5, 5.41) is 0. The zero-order chi connectivity index (χ0) is 30.9. The van der Waals surface area contributed by atoms with Crippen molar-refractivity contribution in [2.75, 3.05) is 7.11 Å². The maximum absolute atomic E-state index is 12.8. The monoisotopic (exact) mass is 567 g/mol. The quantitative estimate of drug-likeness (QED) is 0.205. The van der Waals surface area contributed by atoms with E-state index in [9.17, 15) is 19.2 Å². The van der Waals surface area contributed by atoms with Crippen LogP contribution >= 0.6 is 0 Å². The molecule has 1 rings (SSSR count). The maximum atomic E-state index is 12.8. The minimum Gasteiger partial charge on any atom is -0.468 e. The maximum Gasteiger partial charge on any atom is 0.514 e. The van der Waals surface area contributed by atoms with Gasteiger partial charge < -0.3 is 34.2 Å². The minimum absolute atomic E-state index is 0.0362. The van der Waals surface area contributed by atoms with Crippen LogP contribution in [0.4, 0.5) is 9.59 Å². The van der Waals surface area contributed by atoms with E-state index in [2.05, 4.69) is 0 Å². The van der Waals surface area contributed by atoms with Gasteiger partial charge in [0.05, 0.1) is 7.11 Å². The van der Waals surface area contributed by atoms with Gasteiger partial charge in [0.1, 0.15) is 22.8 Å². The molecule has 1 aromatic rings. The third kappa shape index (κ3) is 13.1. The highest BCUT2D eigenvalue weighted by Gasteiger charge is 2.38. The van der Waals surface area contributed by atoms with E-state index in [-0.39, 0.29) is 36.7 Å². The van der Waals surface area contributed by atoms with Crippen LogP contribution in [0.2, 0.25) is 0 Å². The molecule has 11 nitrogen and oxygen atoms in total. The summed E-state index contributed by atoms with van der Waals surface area (Å²) in [5.41, 5.74) is 3.69. The molecule has 1 unspecified atom stereocenters. The van der Waals surface area contributed by atoms with Crippen LogP contribution in [0.1, 0.15) is 87.1 Å². The van der Waals surface area contributed by atoms with Gasteiger partial charge in [0.25, 0.3) is 0 Å². The largest absolute Gasteiger partial charge is 0.514 e. The third-order valence-corrected chi connectivity index (χ3v) is 5.20. The summed E-state index contributed by atoms with van der Waals surface area (Å²) in [7, 11) is 1.21. The smallest absolute Gasteiger partial charge is 0.468 e.